The molecule has 171 valence electrons. The molecule has 1 aromatic rings. The molecule has 0 bridgehead atoms. The van der Waals surface area contributed by atoms with Crippen molar-refractivity contribution in [2.75, 3.05) is 26.2 Å². The number of amides is 1. The summed E-state index contributed by atoms with van der Waals surface area (Å²) >= 11 is 0. The molecule has 1 amide bonds. The molecule has 32 heavy (non-hydrogen) atoms. The number of sulfonamides is 1. The summed E-state index contributed by atoms with van der Waals surface area (Å²) in [6, 6.07) is 4.49. The van der Waals surface area contributed by atoms with E-state index >= 15 is 0 Å². The van der Waals surface area contributed by atoms with Crippen LogP contribution in [0.1, 0.15) is 43.6 Å². The smallest absolute Gasteiger partial charge is 0.248 e. The summed E-state index contributed by atoms with van der Waals surface area (Å²) in [5.74, 6) is -0.885. The topological polar surface area (TPSA) is 87.1 Å². The van der Waals surface area contributed by atoms with Gasteiger partial charge >= 0.3 is 0 Å². The minimum atomic E-state index is -3.99. The van der Waals surface area contributed by atoms with Crippen LogP contribution in [0.2, 0.25) is 0 Å². The van der Waals surface area contributed by atoms with Crippen LogP contribution in [0.5, 0.6) is 0 Å². The first-order valence-corrected chi connectivity index (χ1v) is 12.4. The normalized spacial score (nSPS) is 26.4. The van der Waals surface area contributed by atoms with Crippen LogP contribution in [0.4, 0.5) is 4.39 Å². The molecule has 1 aromatic carbocycles. The number of halogens is 1. The number of rotatable bonds is 4. The van der Waals surface area contributed by atoms with Crippen LogP contribution in [0.25, 0.3) is 0 Å². The summed E-state index contributed by atoms with van der Waals surface area (Å²) in [4.78, 5) is 13.7. The van der Waals surface area contributed by atoms with Crippen molar-refractivity contribution in [2.24, 2.45) is 0 Å². The highest BCUT2D eigenvalue weighted by Crippen LogP contribution is 2.37. The summed E-state index contributed by atoms with van der Waals surface area (Å²) in [7, 11) is -3.99. The van der Waals surface area contributed by atoms with E-state index in [0.717, 1.165) is 12.8 Å². The van der Waals surface area contributed by atoms with Crippen molar-refractivity contribution in [1.82, 2.24) is 9.21 Å². The second-order valence-electron chi connectivity index (χ2n) is 9.06. The molecule has 4 aliphatic rings. The molecule has 1 N–H and O–H groups in total. The number of nitrogens with zero attached hydrogens (tertiary/aromatic N) is 2. The largest absolute Gasteiger partial charge is 0.508 e. The van der Waals surface area contributed by atoms with Crippen LogP contribution in [0.15, 0.2) is 41.0 Å². The number of morpholine rings is 1. The van der Waals surface area contributed by atoms with E-state index in [-0.39, 0.29) is 42.2 Å². The van der Waals surface area contributed by atoms with Gasteiger partial charge in [0.25, 0.3) is 0 Å². The van der Waals surface area contributed by atoms with Crippen LogP contribution in [-0.2, 0) is 19.6 Å². The molecule has 1 saturated carbocycles. The highest BCUT2D eigenvalue weighted by atomic mass is 32.2. The predicted octanol–water partition coefficient (Wildman–Crippen LogP) is 2.66. The van der Waals surface area contributed by atoms with Crippen LogP contribution in [-0.4, -0.2) is 66.5 Å². The summed E-state index contributed by atoms with van der Waals surface area (Å²) < 4.78 is 48.4. The highest BCUT2D eigenvalue weighted by molar-refractivity contribution is 7.89. The van der Waals surface area contributed by atoms with Crippen LogP contribution in [0, 0.1) is 11.9 Å². The first-order chi connectivity index (χ1) is 15.3. The van der Waals surface area contributed by atoms with Gasteiger partial charge in [0, 0.05) is 31.1 Å². The fraction of sp³-hybridized carbons (Fsp3) is 0.522. The second kappa shape index (κ2) is 7.97. The van der Waals surface area contributed by atoms with Gasteiger partial charge in [-0.1, -0.05) is 12.1 Å². The Morgan fingerprint density at radius 2 is 1.97 bits per heavy atom. The van der Waals surface area contributed by atoms with Gasteiger partial charge < -0.3 is 14.7 Å². The molecule has 5 rings (SSSR count). The number of allylic oxidation sites excluding steroid dienone is 3. The number of carbonyl (C=O) groups excluding carboxylic acids is 1. The van der Waals surface area contributed by atoms with Crippen molar-refractivity contribution in [2.45, 2.75) is 54.6 Å². The minimum Gasteiger partial charge on any atom is -0.508 e. The number of benzene rings is 1. The van der Waals surface area contributed by atoms with Gasteiger partial charge in [0.05, 0.1) is 12.1 Å². The van der Waals surface area contributed by atoms with E-state index in [9.17, 15) is 22.7 Å². The van der Waals surface area contributed by atoms with Gasteiger partial charge in [-0.15, -0.1) is 0 Å². The Balaban J connectivity index is 1.28. The number of hydrogen-bond acceptors (Lipinski definition) is 5. The zero-order chi connectivity index (χ0) is 22.5. The van der Waals surface area contributed by atoms with Crippen molar-refractivity contribution in [3.05, 3.63) is 53.6 Å². The lowest BCUT2D eigenvalue weighted by Crippen LogP contribution is -2.59. The third kappa shape index (κ3) is 3.97. The molecule has 7 nitrogen and oxygen atoms in total. The van der Waals surface area contributed by atoms with E-state index in [2.05, 4.69) is 6.08 Å². The van der Waals surface area contributed by atoms with Crippen LogP contribution < -0.4 is 0 Å². The molecule has 1 unspecified atom stereocenters. The molecule has 2 heterocycles. The van der Waals surface area contributed by atoms with Crippen LogP contribution in [0.3, 0.4) is 0 Å². The third-order valence-corrected chi connectivity index (χ3v) is 8.83. The quantitative estimate of drug-likeness (QED) is 0.745. The lowest BCUT2D eigenvalue weighted by atomic mass is 9.90. The maximum absolute atomic E-state index is 14.9. The van der Waals surface area contributed by atoms with Crippen molar-refractivity contribution in [3.8, 4) is 0 Å². The number of ether oxygens (including phenoxy) is 1. The van der Waals surface area contributed by atoms with Gasteiger partial charge in [-0.3, -0.25) is 4.79 Å². The molecular formula is C23H26FN2O5S. The van der Waals surface area contributed by atoms with Gasteiger partial charge in [0.15, 0.2) is 0 Å². The fourth-order valence-corrected chi connectivity index (χ4v) is 6.26. The Hall–Kier alpha value is -2.23. The van der Waals surface area contributed by atoms with E-state index < -0.39 is 21.4 Å². The summed E-state index contributed by atoms with van der Waals surface area (Å²) in [6.45, 7) is 0.990. The Morgan fingerprint density at radius 3 is 2.59 bits per heavy atom. The number of carbonyl (C=O) groups is 1. The highest BCUT2D eigenvalue weighted by Gasteiger charge is 2.47. The monoisotopic (exact) mass is 461 g/mol. The van der Waals surface area contributed by atoms with Gasteiger partial charge in [0.2, 0.25) is 15.9 Å². The molecule has 1 atom stereocenters. The number of hydrogen-bond donors (Lipinski definition) is 1. The number of piperidine rings is 1. The first kappa shape index (κ1) is 21.6. The number of aliphatic hydroxyl groups excluding tert-OH is 1. The first-order valence-electron chi connectivity index (χ1n) is 11.0. The average molecular weight is 462 g/mol. The van der Waals surface area contributed by atoms with Crippen molar-refractivity contribution < 1.29 is 27.4 Å². The van der Waals surface area contributed by atoms with Crippen LogP contribution >= 0.6 is 0 Å². The van der Waals surface area contributed by atoms with Gasteiger partial charge in [0.1, 0.15) is 23.1 Å². The average Bonchev–Trinajstić information content (AvgIpc) is 3.62. The standard InChI is InChI=1S/C23H26FN2O5S/c24-20-13-17(16-1-6-19(27)7-2-16)3-8-21(20)32(29,30)25-11-9-23(10-12-25)15-26(18-4-5-18)22(28)14-31-23/h1,3,7-8,13,16,18,27H,2,4-5,9-12,14-15H2. The SMILES string of the molecule is O=C1COC2(CCN(S(=O)(=O)c3ccc(C4C=[C]C(O)=CC4)cc3F)CC2)CN1C1CC1. The van der Waals surface area contributed by atoms with E-state index in [1.165, 1.54) is 16.4 Å². The van der Waals surface area contributed by atoms with Gasteiger partial charge in [-0.05, 0) is 55.9 Å². The molecule has 1 spiro atoms. The second-order valence-corrected chi connectivity index (χ2v) is 11.0. The van der Waals surface area contributed by atoms with Gasteiger partial charge in [-0.2, -0.15) is 4.31 Å². The maximum atomic E-state index is 14.9. The fourth-order valence-electron chi connectivity index (χ4n) is 4.78. The van der Waals surface area contributed by atoms with Crippen molar-refractivity contribution in [3.63, 3.8) is 0 Å². The summed E-state index contributed by atoms with van der Waals surface area (Å²) in [5.41, 5.74) is 0.115. The molecule has 2 aliphatic heterocycles. The molecular weight excluding hydrogens is 435 g/mol. The Kier molecular flexibility index (Phi) is 5.38. The zero-order valence-corrected chi connectivity index (χ0v) is 18.5. The van der Waals surface area contributed by atoms with E-state index in [1.807, 2.05) is 4.90 Å². The molecule has 2 saturated heterocycles. The maximum Gasteiger partial charge on any atom is 0.248 e. The Labute approximate surface area is 187 Å². The molecule has 9 heteroatoms. The third-order valence-electron chi connectivity index (χ3n) is 6.90. The number of aliphatic hydroxyl groups is 1. The summed E-state index contributed by atoms with van der Waals surface area (Å²) in [5, 5.41) is 9.40. The van der Waals surface area contributed by atoms with E-state index in [4.69, 9.17) is 4.74 Å². The lowest BCUT2D eigenvalue weighted by molar-refractivity contribution is -0.170. The Morgan fingerprint density at radius 1 is 1.22 bits per heavy atom. The molecule has 3 fully saturated rings. The van der Waals surface area contributed by atoms with Crippen molar-refractivity contribution >= 4 is 15.9 Å². The van der Waals surface area contributed by atoms with Crippen molar-refractivity contribution in [1.29, 1.82) is 0 Å². The van der Waals surface area contributed by atoms with E-state index in [0.29, 0.717) is 37.4 Å². The predicted molar refractivity (Wildman–Crippen MR) is 114 cm³/mol. The zero-order valence-electron chi connectivity index (χ0n) is 17.7. The van der Waals surface area contributed by atoms with Gasteiger partial charge in [-0.25, -0.2) is 12.8 Å². The molecule has 2 aliphatic carbocycles. The van der Waals surface area contributed by atoms with E-state index in [1.54, 1.807) is 18.2 Å². The Bertz CT molecular complexity index is 1090. The minimum absolute atomic E-state index is 0.00597. The molecule has 1 radical (unpaired) electrons. The lowest BCUT2D eigenvalue weighted by Gasteiger charge is -2.46. The molecule has 0 aromatic heterocycles. The summed E-state index contributed by atoms with van der Waals surface area (Å²) in [6.07, 6.45) is 9.43.